The minimum absolute atomic E-state index is 0.143. The highest BCUT2D eigenvalue weighted by atomic mass is 32.2. The lowest BCUT2D eigenvalue weighted by molar-refractivity contribution is -0.384. The lowest BCUT2D eigenvalue weighted by Gasteiger charge is -2.15. The number of nitro groups is 1. The highest BCUT2D eigenvalue weighted by Gasteiger charge is 2.32. The molecule has 150 valence electrons. The number of hydrogen-bond donors (Lipinski definition) is 1. The molecule has 0 spiro atoms. The summed E-state index contributed by atoms with van der Waals surface area (Å²) in [5, 5.41) is 10.7. The van der Waals surface area contributed by atoms with Crippen LogP contribution in [0.25, 0.3) is 11.3 Å². The lowest BCUT2D eigenvalue weighted by atomic mass is 10.1. The van der Waals surface area contributed by atoms with Crippen molar-refractivity contribution in [3.63, 3.8) is 0 Å². The first-order valence-electron chi connectivity index (χ1n) is 7.98. The third kappa shape index (κ3) is 4.51. The zero-order chi connectivity index (χ0) is 21.2. The predicted octanol–water partition coefficient (Wildman–Crippen LogP) is 4.48. The molecule has 2 aromatic carbocycles. The van der Waals surface area contributed by atoms with E-state index < -0.39 is 26.7 Å². The Balaban J connectivity index is 2.07. The molecule has 0 atom stereocenters. The van der Waals surface area contributed by atoms with Gasteiger partial charge in [0.2, 0.25) is 0 Å². The SMILES string of the molecule is O=[N+]([O-])c1ccc(S(=O)(=O)Nc2cc(C(F)(F)F)ccc2-c2ccccn2)cc1. The molecule has 3 rings (SSSR count). The van der Waals surface area contributed by atoms with E-state index in [2.05, 4.69) is 9.71 Å². The maximum absolute atomic E-state index is 13.1. The zero-order valence-electron chi connectivity index (χ0n) is 14.4. The van der Waals surface area contributed by atoms with Gasteiger partial charge in [-0.05, 0) is 36.4 Å². The predicted molar refractivity (Wildman–Crippen MR) is 98.6 cm³/mol. The highest BCUT2D eigenvalue weighted by molar-refractivity contribution is 7.92. The summed E-state index contributed by atoms with van der Waals surface area (Å²) in [6.45, 7) is 0. The molecule has 1 N–H and O–H groups in total. The fraction of sp³-hybridized carbons (Fsp3) is 0.0556. The average Bonchev–Trinajstić information content (AvgIpc) is 2.67. The molecule has 0 aliphatic rings. The van der Waals surface area contributed by atoms with Crippen LogP contribution in [0.2, 0.25) is 0 Å². The van der Waals surface area contributed by atoms with Crippen molar-refractivity contribution >= 4 is 21.4 Å². The number of alkyl halides is 3. The van der Waals surface area contributed by atoms with E-state index in [4.69, 9.17) is 0 Å². The van der Waals surface area contributed by atoms with E-state index >= 15 is 0 Å². The van der Waals surface area contributed by atoms with Crippen molar-refractivity contribution in [3.8, 4) is 11.3 Å². The number of hydrogen-bond acceptors (Lipinski definition) is 5. The van der Waals surface area contributed by atoms with Crippen molar-refractivity contribution in [2.75, 3.05) is 4.72 Å². The Morgan fingerprint density at radius 2 is 1.69 bits per heavy atom. The summed E-state index contributed by atoms with van der Waals surface area (Å²) in [5.74, 6) is 0. The fourth-order valence-corrected chi connectivity index (χ4v) is 3.57. The Labute approximate surface area is 163 Å². The van der Waals surface area contributed by atoms with E-state index in [1.807, 2.05) is 0 Å². The summed E-state index contributed by atoms with van der Waals surface area (Å²) >= 11 is 0. The van der Waals surface area contributed by atoms with Crippen molar-refractivity contribution in [3.05, 3.63) is 82.5 Å². The monoisotopic (exact) mass is 423 g/mol. The molecular formula is C18H12F3N3O4S. The maximum atomic E-state index is 13.1. The Morgan fingerprint density at radius 1 is 1.00 bits per heavy atom. The third-order valence-electron chi connectivity index (χ3n) is 3.89. The normalized spacial score (nSPS) is 11.8. The summed E-state index contributed by atoms with van der Waals surface area (Å²) in [6, 6.07) is 11.3. The number of nitrogens with zero attached hydrogens (tertiary/aromatic N) is 2. The number of rotatable bonds is 5. The van der Waals surface area contributed by atoms with Gasteiger partial charge < -0.3 is 0 Å². The molecule has 1 aromatic heterocycles. The summed E-state index contributed by atoms with van der Waals surface area (Å²) in [6.07, 6.45) is -3.27. The van der Waals surface area contributed by atoms with Gasteiger partial charge in [-0.15, -0.1) is 0 Å². The van der Waals surface area contributed by atoms with Crippen LogP contribution in [0, 0.1) is 10.1 Å². The molecule has 0 fully saturated rings. The van der Waals surface area contributed by atoms with Gasteiger partial charge in [-0.1, -0.05) is 12.1 Å². The second kappa shape index (κ2) is 7.51. The van der Waals surface area contributed by atoms with E-state index in [0.717, 1.165) is 36.4 Å². The van der Waals surface area contributed by atoms with E-state index in [-0.39, 0.29) is 27.5 Å². The molecule has 0 unspecified atom stereocenters. The number of aromatic nitrogens is 1. The molecule has 0 aliphatic heterocycles. The average molecular weight is 423 g/mol. The van der Waals surface area contributed by atoms with Gasteiger partial charge in [0.05, 0.1) is 26.8 Å². The second-order valence-electron chi connectivity index (χ2n) is 5.83. The van der Waals surface area contributed by atoms with Crippen LogP contribution in [0.5, 0.6) is 0 Å². The van der Waals surface area contributed by atoms with Crippen LogP contribution in [-0.4, -0.2) is 18.3 Å². The molecule has 3 aromatic rings. The van der Waals surface area contributed by atoms with E-state index in [1.165, 1.54) is 12.3 Å². The Hall–Kier alpha value is -3.47. The Bertz CT molecular complexity index is 1150. The molecule has 29 heavy (non-hydrogen) atoms. The van der Waals surface area contributed by atoms with Gasteiger partial charge in [0.15, 0.2) is 0 Å². The molecule has 0 saturated carbocycles. The van der Waals surface area contributed by atoms with Gasteiger partial charge in [-0.3, -0.25) is 19.8 Å². The second-order valence-corrected chi connectivity index (χ2v) is 7.51. The summed E-state index contributed by atoms with van der Waals surface area (Å²) in [5.41, 5.74) is -1.28. The van der Waals surface area contributed by atoms with Gasteiger partial charge in [0.1, 0.15) is 0 Å². The van der Waals surface area contributed by atoms with Crippen LogP contribution in [0.4, 0.5) is 24.5 Å². The quantitative estimate of drug-likeness (QED) is 0.482. The van der Waals surface area contributed by atoms with Crippen LogP contribution < -0.4 is 4.72 Å². The van der Waals surface area contributed by atoms with Gasteiger partial charge in [0.25, 0.3) is 15.7 Å². The lowest BCUT2D eigenvalue weighted by Crippen LogP contribution is -2.15. The summed E-state index contributed by atoms with van der Waals surface area (Å²) in [4.78, 5) is 13.7. The molecule has 11 heteroatoms. The number of pyridine rings is 1. The molecule has 0 aliphatic carbocycles. The minimum Gasteiger partial charge on any atom is -0.279 e. The Kier molecular flexibility index (Phi) is 5.25. The largest absolute Gasteiger partial charge is 0.416 e. The highest BCUT2D eigenvalue weighted by Crippen LogP contribution is 2.36. The third-order valence-corrected chi connectivity index (χ3v) is 5.27. The van der Waals surface area contributed by atoms with Crippen LogP contribution in [0.1, 0.15) is 5.56 Å². The fourth-order valence-electron chi connectivity index (χ4n) is 2.50. The van der Waals surface area contributed by atoms with Crippen LogP contribution in [0.3, 0.4) is 0 Å². The number of anilines is 1. The van der Waals surface area contributed by atoms with Gasteiger partial charge >= 0.3 is 6.18 Å². The van der Waals surface area contributed by atoms with Gasteiger partial charge in [-0.25, -0.2) is 8.42 Å². The number of benzene rings is 2. The van der Waals surface area contributed by atoms with Crippen molar-refractivity contribution in [2.45, 2.75) is 11.1 Å². The molecule has 0 saturated heterocycles. The first-order valence-corrected chi connectivity index (χ1v) is 9.46. The molecule has 7 nitrogen and oxygen atoms in total. The number of halogens is 3. The van der Waals surface area contributed by atoms with E-state index in [9.17, 15) is 31.7 Å². The number of non-ortho nitro benzene ring substituents is 1. The topological polar surface area (TPSA) is 102 Å². The molecule has 0 bridgehead atoms. The minimum atomic E-state index is -4.68. The van der Waals surface area contributed by atoms with Crippen LogP contribution in [0.15, 0.2) is 71.8 Å². The molecule has 0 amide bonds. The van der Waals surface area contributed by atoms with Gasteiger partial charge in [0, 0.05) is 23.9 Å². The van der Waals surface area contributed by atoms with E-state index in [0.29, 0.717) is 6.07 Å². The smallest absolute Gasteiger partial charge is 0.279 e. The van der Waals surface area contributed by atoms with Crippen molar-refractivity contribution < 1.29 is 26.5 Å². The van der Waals surface area contributed by atoms with Crippen molar-refractivity contribution in [1.29, 1.82) is 0 Å². The van der Waals surface area contributed by atoms with Crippen LogP contribution >= 0.6 is 0 Å². The van der Waals surface area contributed by atoms with Crippen molar-refractivity contribution in [2.24, 2.45) is 0 Å². The zero-order valence-corrected chi connectivity index (χ0v) is 15.2. The Morgan fingerprint density at radius 3 is 2.24 bits per heavy atom. The number of nitrogens with one attached hydrogen (secondary N) is 1. The van der Waals surface area contributed by atoms with E-state index in [1.54, 1.807) is 12.1 Å². The number of sulfonamides is 1. The molecule has 1 heterocycles. The van der Waals surface area contributed by atoms with Gasteiger partial charge in [-0.2, -0.15) is 13.2 Å². The molecule has 0 radical (unpaired) electrons. The summed E-state index contributed by atoms with van der Waals surface area (Å²) < 4.78 is 66.8. The van der Waals surface area contributed by atoms with Crippen LogP contribution in [-0.2, 0) is 16.2 Å². The maximum Gasteiger partial charge on any atom is 0.416 e. The van der Waals surface area contributed by atoms with Crippen molar-refractivity contribution in [1.82, 2.24) is 4.98 Å². The molecular weight excluding hydrogens is 411 g/mol. The summed E-state index contributed by atoms with van der Waals surface area (Å²) in [7, 11) is -4.32. The first-order chi connectivity index (χ1) is 13.6. The first kappa shape index (κ1) is 20.3. The number of nitro benzene ring substituents is 1. The standard InChI is InChI=1S/C18H12F3N3O4S/c19-18(20,21)12-4-9-15(16-3-1-2-10-22-16)17(11-12)23-29(27,28)14-7-5-13(6-8-14)24(25)26/h1-11,23H.